The molecule has 1 rings (SSSR count). The van der Waals surface area contributed by atoms with Crippen molar-refractivity contribution >= 4 is 12.2 Å². The van der Waals surface area contributed by atoms with Gasteiger partial charge in [0.1, 0.15) is 6.29 Å². The first-order valence-electron chi connectivity index (χ1n) is 5.00. The van der Waals surface area contributed by atoms with Gasteiger partial charge in [-0.1, -0.05) is 31.2 Å². The Morgan fingerprint density at radius 2 is 2.00 bits per heavy atom. The maximum absolute atomic E-state index is 11.1. The number of benzene rings is 1. The summed E-state index contributed by atoms with van der Waals surface area (Å²) in [6.45, 7) is 2.06. The van der Waals surface area contributed by atoms with E-state index in [1.165, 1.54) is 5.56 Å². The lowest BCUT2D eigenvalue weighted by Gasteiger charge is -2.10. The molecule has 0 aliphatic carbocycles. The van der Waals surface area contributed by atoms with Crippen LogP contribution in [0.15, 0.2) is 24.3 Å². The number of hydrogen-bond acceptors (Lipinski definition) is 2. The molecule has 0 aliphatic rings. The van der Waals surface area contributed by atoms with E-state index in [0.29, 0.717) is 0 Å². The highest BCUT2D eigenvalue weighted by Crippen LogP contribution is 2.18. The van der Waals surface area contributed by atoms with Gasteiger partial charge in [-0.2, -0.15) is 0 Å². The van der Waals surface area contributed by atoms with Crippen LogP contribution in [0, 0.1) is 0 Å². The van der Waals surface area contributed by atoms with Crippen molar-refractivity contribution in [1.82, 2.24) is 0 Å². The Hall–Kier alpha value is -1.64. The first-order valence-corrected chi connectivity index (χ1v) is 5.00. The SMILES string of the molecule is CCc1ccc(C(CC=O)C(N)=O)cc1. The minimum Gasteiger partial charge on any atom is -0.369 e. The highest BCUT2D eigenvalue weighted by atomic mass is 16.1. The summed E-state index contributed by atoms with van der Waals surface area (Å²) < 4.78 is 0. The number of nitrogens with two attached hydrogens (primary N) is 1. The predicted octanol–water partition coefficient (Wildman–Crippen LogP) is 1.41. The third-order valence-electron chi connectivity index (χ3n) is 2.47. The number of carbonyl (C=O) groups is 2. The van der Waals surface area contributed by atoms with Gasteiger partial charge in [0.2, 0.25) is 5.91 Å². The van der Waals surface area contributed by atoms with E-state index in [1.54, 1.807) is 0 Å². The maximum Gasteiger partial charge on any atom is 0.225 e. The summed E-state index contributed by atoms with van der Waals surface area (Å²) >= 11 is 0. The minimum absolute atomic E-state index is 0.154. The molecule has 0 saturated heterocycles. The van der Waals surface area contributed by atoms with Crippen molar-refractivity contribution in [3.05, 3.63) is 35.4 Å². The van der Waals surface area contributed by atoms with E-state index in [-0.39, 0.29) is 6.42 Å². The van der Waals surface area contributed by atoms with Crippen LogP contribution >= 0.6 is 0 Å². The standard InChI is InChI=1S/C12H15NO2/c1-2-9-3-5-10(6-4-9)11(7-8-14)12(13)15/h3-6,8,11H,2,7H2,1H3,(H2,13,15). The molecule has 3 nitrogen and oxygen atoms in total. The second-order valence-electron chi connectivity index (χ2n) is 3.45. The molecule has 15 heavy (non-hydrogen) atoms. The Labute approximate surface area is 89.3 Å². The van der Waals surface area contributed by atoms with Crippen molar-refractivity contribution < 1.29 is 9.59 Å². The van der Waals surface area contributed by atoms with E-state index >= 15 is 0 Å². The Morgan fingerprint density at radius 1 is 1.40 bits per heavy atom. The normalized spacial score (nSPS) is 12.1. The molecule has 0 aliphatic heterocycles. The number of amides is 1. The Balaban J connectivity index is 2.91. The van der Waals surface area contributed by atoms with Gasteiger partial charge in [0.15, 0.2) is 0 Å². The van der Waals surface area contributed by atoms with Crippen molar-refractivity contribution in [2.75, 3.05) is 0 Å². The lowest BCUT2D eigenvalue weighted by atomic mass is 9.94. The quantitative estimate of drug-likeness (QED) is 0.739. The van der Waals surface area contributed by atoms with Gasteiger partial charge >= 0.3 is 0 Å². The molecule has 0 aromatic heterocycles. The van der Waals surface area contributed by atoms with Crippen LogP contribution in [0.5, 0.6) is 0 Å². The molecule has 1 aromatic carbocycles. The van der Waals surface area contributed by atoms with Gasteiger partial charge in [-0.05, 0) is 17.5 Å². The third-order valence-corrected chi connectivity index (χ3v) is 2.47. The first kappa shape index (κ1) is 11.4. The number of carbonyl (C=O) groups excluding carboxylic acids is 2. The summed E-state index contributed by atoms with van der Waals surface area (Å²) in [5, 5.41) is 0. The maximum atomic E-state index is 11.1. The molecule has 1 atom stereocenters. The highest BCUT2D eigenvalue weighted by molar-refractivity contribution is 5.84. The van der Waals surface area contributed by atoms with Crippen LogP contribution in [0.25, 0.3) is 0 Å². The van der Waals surface area contributed by atoms with E-state index in [1.807, 2.05) is 24.3 Å². The average Bonchev–Trinajstić information content (AvgIpc) is 2.26. The van der Waals surface area contributed by atoms with Crippen molar-refractivity contribution in [1.29, 1.82) is 0 Å². The molecule has 1 unspecified atom stereocenters. The summed E-state index contributed by atoms with van der Waals surface area (Å²) in [5.74, 6) is -0.945. The van der Waals surface area contributed by atoms with Crippen molar-refractivity contribution in [2.45, 2.75) is 25.7 Å². The zero-order valence-corrected chi connectivity index (χ0v) is 8.77. The largest absolute Gasteiger partial charge is 0.369 e. The van der Waals surface area contributed by atoms with Gasteiger partial charge in [0.05, 0.1) is 5.92 Å². The van der Waals surface area contributed by atoms with Gasteiger partial charge in [0.25, 0.3) is 0 Å². The second kappa shape index (κ2) is 5.29. The van der Waals surface area contributed by atoms with Crippen LogP contribution in [-0.4, -0.2) is 12.2 Å². The van der Waals surface area contributed by atoms with Gasteiger partial charge in [0, 0.05) is 6.42 Å². The zero-order chi connectivity index (χ0) is 11.3. The summed E-state index contributed by atoms with van der Waals surface area (Å²) in [6, 6.07) is 7.63. The molecular weight excluding hydrogens is 190 g/mol. The first-order chi connectivity index (χ1) is 7.19. The fraction of sp³-hybridized carbons (Fsp3) is 0.333. The zero-order valence-electron chi connectivity index (χ0n) is 8.77. The Morgan fingerprint density at radius 3 is 2.40 bits per heavy atom. The minimum atomic E-state index is -0.492. The summed E-state index contributed by atoms with van der Waals surface area (Å²) in [6.07, 6.45) is 1.83. The van der Waals surface area contributed by atoms with Crippen molar-refractivity contribution in [3.8, 4) is 0 Å². The average molecular weight is 205 g/mol. The predicted molar refractivity (Wildman–Crippen MR) is 58.4 cm³/mol. The molecule has 0 heterocycles. The monoisotopic (exact) mass is 205 g/mol. The van der Waals surface area contributed by atoms with Crippen LogP contribution in [0.2, 0.25) is 0 Å². The summed E-state index contributed by atoms with van der Waals surface area (Å²) in [5.41, 5.74) is 7.24. The van der Waals surface area contributed by atoms with Crippen LogP contribution in [0.1, 0.15) is 30.4 Å². The second-order valence-corrected chi connectivity index (χ2v) is 3.45. The molecule has 2 N–H and O–H groups in total. The van der Waals surface area contributed by atoms with E-state index in [0.717, 1.165) is 18.3 Å². The lowest BCUT2D eigenvalue weighted by molar-refractivity contribution is -0.121. The van der Waals surface area contributed by atoms with E-state index in [4.69, 9.17) is 5.73 Å². The smallest absolute Gasteiger partial charge is 0.225 e. The van der Waals surface area contributed by atoms with Crippen LogP contribution < -0.4 is 5.73 Å². The molecule has 0 bridgehead atoms. The topological polar surface area (TPSA) is 60.2 Å². The number of aldehydes is 1. The van der Waals surface area contributed by atoms with Gasteiger partial charge < -0.3 is 10.5 Å². The molecule has 0 spiro atoms. The molecule has 0 fully saturated rings. The fourth-order valence-corrected chi connectivity index (χ4v) is 1.50. The van der Waals surface area contributed by atoms with Gasteiger partial charge in [-0.3, -0.25) is 4.79 Å². The summed E-state index contributed by atoms with van der Waals surface area (Å²) in [4.78, 5) is 21.5. The summed E-state index contributed by atoms with van der Waals surface area (Å²) in [7, 11) is 0. The highest BCUT2D eigenvalue weighted by Gasteiger charge is 2.16. The molecule has 0 saturated carbocycles. The fourth-order valence-electron chi connectivity index (χ4n) is 1.50. The number of rotatable bonds is 5. The molecule has 1 amide bonds. The Kier molecular flexibility index (Phi) is 4.03. The Bertz CT molecular complexity index is 343. The number of aryl methyl sites for hydroxylation is 1. The van der Waals surface area contributed by atoms with Crippen LogP contribution in [-0.2, 0) is 16.0 Å². The van der Waals surface area contributed by atoms with Crippen molar-refractivity contribution in [2.24, 2.45) is 5.73 Å². The lowest BCUT2D eigenvalue weighted by Crippen LogP contribution is -2.21. The van der Waals surface area contributed by atoms with Crippen LogP contribution in [0.3, 0.4) is 0 Å². The van der Waals surface area contributed by atoms with E-state index in [2.05, 4.69) is 6.92 Å². The molecule has 1 aromatic rings. The van der Waals surface area contributed by atoms with Gasteiger partial charge in [-0.25, -0.2) is 0 Å². The van der Waals surface area contributed by atoms with E-state index in [9.17, 15) is 9.59 Å². The molecule has 0 radical (unpaired) electrons. The third kappa shape index (κ3) is 2.91. The van der Waals surface area contributed by atoms with E-state index < -0.39 is 11.8 Å². The molecular formula is C12H15NO2. The van der Waals surface area contributed by atoms with Gasteiger partial charge in [-0.15, -0.1) is 0 Å². The molecule has 3 heteroatoms. The number of primary amides is 1. The number of hydrogen-bond donors (Lipinski definition) is 1. The molecule has 80 valence electrons. The van der Waals surface area contributed by atoms with Crippen molar-refractivity contribution in [3.63, 3.8) is 0 Å². The van der Waals surface area contributed by atoms with Crippen LogP contribution in [0.4, 0.5) is 0 Å².